The number of hydrogen-bond acceptors (Lipinski definition) is 0. The van der Waals surface area contributed by atoms with Crippen LogP contribution in [-0.4, -0.2) is 0 Å². The Kier molecular flexibility index (Phi) is 11.6. The van der Waals surface area contributed by atoms with Crippen molar-refractivity contribution >= 4 is 0 Å². The van der Waals surface area contributed by atoms with E-state index in [9.17, 15) is 0 Å². The quantitative estimate of drug-likeness (QED) is 0.580. The minimum atomic E-state index is 0. The van der Waals surface area contributed by atoms with Gasteiger partial charge >= 0.3 is 0 Å². The van der Waals surface area contributed by atoms with Crippen LogP contribution in [0.1, 0.15) is 0 Å². The van der Waals surface area contributed by atoms with Gasteiger partial charge in [0.2, 0.25) is 0 Å². The Morgan fingerprint density at radius 1 is 0.176 bits per heavy atom. The third kappa shape index (κ3) is 10.9. The van der Waals surface area contributed by atoms with Gasteiger partial charge in [-0.15, -0.1) is 0 Å². The average molecular weight is 304 g/mol. The summed E-state index contributed by atoms with van der Waals surface area (Å²) in [5, 5.41) is 0. The van der Waals surface area contributed by atoms with E-state index in [1.165, 1.54) is 0 Å². The molecule has 0 bridgehead atoms. The standard InChI is InChI=1S/2C8H8.Mo/c2*1-2-4-6-8-7-5-3-1;/h2*1-8H;/b2*2-1-,3-1?,4-2?,5-3-,6-4-,7-5?,8-6?,8-7-;. The van der Waals surface area contributed by atoms with E-state index < -0.39 is 0 Å². The fraction of sp³-hybridized carbons (Fsp3) is 0. The van der Waals surface area contributed by atoms with Crippen LogP contribution in [0.25, 0.3) is 0 Å². The molecule has 2 aliphatic carbocycles. The Hall–Kier alpha value is -1.39. The summed E-state index contributed by atoms with van der Waals surface area (Å²) in [4.78, 5) is 0. The molecule has 0 aliphatic heterocycles. The Bertz CT molecular complexity index is 247. The summed E-state index contributed by atoms with van der Waals surface area (Å²) < 4.78 is 0. The molecule has 2 rings (SSSR count). The number of hydrogen-bond donors (Lipinski definition) is 0. The number of allylic oxidation sites excluding steroid dienone is 16. The summed E-state index contributed by atoms with van der Waals surface area (Å²) in [7, 11) is 0. The van der Waals surface area contributed by atoms with E-state index in [1.807, 2.05) is 97.2 Å². The van der Waals surface area contributed by atoms with Crippen LogP contribution in [0.15, 0.2) is 97.2 Å². The molecule has 0 atom stereocenters. The molecule has 0 radical (unpaired) electrons. The van der Waals surface area contributed by atoms with Crippen molar-refractivity contribution < 1.29 is 21.1 Å². The minimum Gasteiger partial charge on any atom is -0.0623 e. The summed E-state index contributed by atoms with van der Waals surface area (Å²) in [6.45, 7) is 0. The van der Waals surface area contributed by atoms with E-state index in [0.717, 1.165) is 0 Å². The van der Waals surface area contributed by atoms with Crippen LogP contribution < -0.4 is 0 Å². The first-order valence-electron chi connectivity index (χ1n) is 5.33. The zero-order chi connectivity index (χ0) is 11.3. The zero-order valence-electron chi connectivity index (χ0n) is 9.65. The first-order valence-corrected chi connectivity index (χ1v) is 5.33. The van der Waals surface area contributed by atoms with Gasteiger partial charge in [0.15, 0.2) is 0 Å². The summed E-state index contributed by atoms with van der Waals surface area (Å²) in [6.07, 6.45) is 32.0. The van der Waals surface area contributed by atoms with E-state index in [-0.39, 0.29) is 21.1 Å². The third-order valence-corrected chi connectivity index (χ3v) is 1.78. The van der Waals surface area contributed by atoms with Crippen LogP contribution in [-0.2, 0) is 21.1 Å². The normalized spacial score (nSPS) is 30.1. The fourth-order valence-electron chi connectivity index (χ4n) is 1.03. The first kappa shape index (κ1) is 15.6. The van der Waals surface area contributed by atoms with E-state index >= 15 is 0 Å². The van der Waals surface area contributed by atoms with Crippen LogP contribution in [0.5, 0.6) is 0 Å². The molecule has 0 nitrogen and oxygen atoms in total. The van der Waals surface area contributed by atoms with Gasteiger partial charge in [-0.1, -0.05) is 97.2 Å². The van der Waals surface area contributed by atoms with Crippen molar-refractivity contribution in [2.75, 3.05) is 0 Å². The molecule has 0 saturated carbocycles. The molecule has 0 aromatic heterocycles. The van der Waals surface area contributed by atoms with E-state index in [4.69, 9.17) is 0 Å². The van der Waals surface area contributed by atoms with Gasteiger partial charge in [0, 0.05) is 21.1 Å². The molecule has 0 aromatic rings. The molecule has 2 aliphatic rings. The smallest absolute Gasteiger partial charge is 0 e. The van der Waals surface area contributed by atoms with Crippen molar-refractivity contribution in [2.45, 2.75) is 0 Å². The van der Waals surface area contributed by atoms with Gasteiger partial charge in [-0.25, -0.2) is 0 Å². The van der Waals surface area contributed by atoms with Crippen LogP contribution in [0.4, 0.5) is 0 Å². The number of rotatable bonds is 0. The van der Waals surface area contributed by atoms with Gasteiger partial charge < -0.3 is 0 Å². The SMILES string of the molecule is C1=C\C=C/C=C\C=C/1.C1=C\C=C/C=C\C=C/1.[Mo]. The molecular formula is C16H16Mo. The molecule has 0 saturated heterocycles. The van der Waals surface area contributed by atoms with Crippen LogP contribution >= 0.6 is 0 Å². The maximum atomic E-state index is 2.00. The van der Waals surface area contributed by atoms with Gasteiger partial charge in [-0.2, -0.15) is 0 Å². The summed E-state index contributed by atoms with van der Waals surface area (Å²) in [6, 6.07) is 0. The van der Waals surface area contributed by atoms with Gasteiger partial charge in [0.1, 0.15) is 0 Å². The van der Waals surface area contributed by atoms with Crippen molar-refractivity contribution in [1.82, 2.24) is 0 Å². The second-order valence-electron chi connectivity index (χ2n) is 3.08. The summed E-state index contributed by atoms with van der Waals surface area (Å²) in [5.41, 5.74) is 0. The summed E-state index contributed by atoms with van der Waals surface area (Å²) in [5.74, 6) is 0. The van der Waals surface area contributed by atoms with Gasteiger partial charge in [-0.05, 0) is 0 Å². The van der Waals surface area contributed by atoms with Crippen LogP contribution in [0.3, 0.4) is 0 Å². The van der Waals surface area contributed by atoms with Crippen molar-refractivity contribution in [3.8, 4) is 0 Å². The predicted molar refractivity (Wildman–Crippen MR) is 73.1 cm³/mol. The molecule has 0 N–H and O–H groups in total. The minimum absolute atomic E-state index is 0. The fourth-order valence-corrected chi connectivity index (χ4v) is 1.03. The van der Waals surface area contributed by atoms with Crippen molar-refractivity contribution in [3.63, 3.8) is 0 Å². The van der Waals surface area contributed by atoms with E-state index in [2.05, 4.69) is 0 Å². The molecule has 17 heavy (non-hydrogen) atoms. The van der Waals surface area contributed by atoms with Gasteiger partial charge in [0.05, 0.1) is 0 Å². The average Bonchev–Trinajstić information content (AvgIpc) is 2.15. The molecule has 0 aromatic carbocycles. The zero-order valence-corrected chi connectivity index (χ0v) is 11.7. The van der Waals surface area contributed by atoms with Gasteiger partial charge in [-0.3, -0.25) is 0 Å². The Morgan fingerprint density at radius 2 is 0.235 bits per heavy atom. The molecular weight excluding hydrogens is 288 g/mol. The van der Waals surface area contributed by atoms with Crippen LogP contribution in [0.2, 0.25) is 0 Å². The second kappa shape index (κ2) is 12.7. The first-order chi connectivity index (χ1) is 8.00. The molecule has 0 fully saturated rings. The molecule has 86 valence electrons. The molecule has 1 heteroatoms. The Morgan fingerprint density at radius 3 is 0.294 bits per heavy atom. The molecule has 0 unspecified atom stereocenters. The molecule has 0 heterocycles. The van der Waals surface area contributed by atoms with Crippen molar-refractivity contribution in [1.29, 1.82) is 0 Å². The van der Waals surface area contributed by atoms with E-state index in [1.54, 1.807) is 0 Å². The van der Waals surface area contributed by atoms with E-state index in [0.29, 0.717) is 0 Å². The Labute approximate surface area is 118 Å². The second-order valence-corrected chi connectivity index (χ2v) is 3.08. The maximum absolute atomic E-state index is 2.00. The van der Waals surface area contributed by atoms with Crippen LogP contribution in [0, 0.1) is 0 Å². The summed E-state index contributed by atoms with van der Waals surface area (Å²) >= 11 is 0. The maximum Gasteiger partial charge on any atom is 0 e. The monoisotopic (exact) mass is 306 g/mol. The molecule has 0 spiro atoms. The molecule has 0 amide bonds. The van der Waals surface area contributed by atoms with Crippen molar-refractivity contribution in [2.24, 2.45) is 0 Å². The Balaban J connectivity index is 0.000000284. The third-order valence-electron chi connectivity index (χ3n) is 1.78. The topological polar surface area (TPSA) is 0 Å². The van der Waals surface area contributed by atoms with Gasteiger partial charge in [0.25, 0.3) is 0 Å². The van der Waals surface area contributed by atoms with Crippen molar-refractivity contribution in [3.05, 3.63) is 97.2 Å². The predicted octanol–water partition coefficient (Wildman–Crippen LogP) is 4.45. The largest absolute Gasteiger partial charge is 0.0623 e.